The van der Waals surface area contributed by atoms with Gasteiger partial charge in [-0.25, -0.2) is 0 Å². The first-order chi connectivity index (χ1) is 12.8. The molecule has 144 valence electrons. The molecule has 1 nitrogen and oxygen atoms in total. The molecule has 4 rings (SSSR count). The van der Waals surface area contributed by atoms with Crippen molar-refractivity contribution in [2.75, 3.05) is 6.61 Å². The van der Waals surface area contributed by atoms with Gasteiger partial charge in [-0.2, -0.15) is 0 Å². The van der Waals surface area contributed by atoms with Crippen molar-refractivity contribution in [3.8, 4) is 0 Å². The minimum atomic E-state index is 0.571. The van der Waals surface area contributed by atoms with E-state index in [9.17, 15) is 0 Å². The van der Waals surface area contributed by atoms with Gasteiger partial charge in [0.15, 0.2) is 0 Å². The highest BCUT2D eigenvalue weighted by atomic mass is 16.5. The normalized spacial score (nSPS) is 34.2. The third-order valence-electron chi connectivity index (χ3n) is 7.78. The van der Waals surface area contributed by atoms with Gasteiger partial charge in [-0.15, -0.1) is 0 Å². The standard InChI is InChI=1S/C25H38O/c1-3-13-26-25-12-11-23-16-22(9-10-24(23)17-25)21-8-7-19-14-18(4-2)5-6-20(19)15-21/h5-6,14,21-25H,3-4,7-13,15-17H2,1-2H3/t21?,22?,23-,24?,25-/m1/s1. The molecule has 0 heterocycles. The average Bonchev–Trinajstić information content (AvgIpc) is 2.70. The van der Waals surface area contributed by atoms with Gasteiger partial charge in [0.1, 0.15) is 0 Å². The molecule has 2 fully saturated rings. The smallest absolute Gasteiger partial charge is 0.0578 e. The van der Waals surface area contributed by atoms with E-state index in [4.69, 9.17) is 4.74 Å². The first kappa shape index (κ1) is 18.5. The zero-order valence-electron chi connectivity index (χ0n) is 17.0. The van der Waals surface area contributed by atoms with Crippen LogP contribution in [0.1, 0.15) is 81.9 Å². The topological polar surface area (TPSA) is 9.23 Å². The summed E-state index contributed by atoms with van der Waals surface area (Å²) >= 11 is 0. The van der Waals surface area contributed by atoms with E-state index >= 15 is 0 Å². The lowest BCUT2D eigenvalue weighted by molar-refractivity contribution is -0.0236. The van der Waals surface area contributed by atoms with Gasteiger partial charge in [0, 0.05) is 6.61 Å². The summed E-state index contributed by atoms with van der Waals surface area (Å²) < 4.78 is 6.08. The van der Waals surface area contributed by atoms with Crippen LogP contribution in [0.5, 0.6) is 0 Å². The van der Waals surface area contributed by atoms with Crippen molar-refractivity contribution >= 4 is 0 Å². The van der Waals surface area contributed by atoms with Gasteiger partial charge < -0.3 is 4.74 Å². The van der Waals surface area contributed by atoms with Crippen molar-refractivity contribution in [2.45, 2.75) is 90.6 Å². The summed E-state index contributed by atoms with van der Waals surface area (Å²) in [7, 11) is 0. The summed E-state index contributed by atoms with van der Waals surface area (Å²) in [5, 5.41) is 0. The van der Waals surface area contributed by atoms with E-state index in [1.165, 1.54) is 69.8 Å². The number of fused-ring (bicyclic) bond motifs is 2. The third-order valence-corrected chi connectivity index (χ3v) is 7.78. The second-order valence-electron chi connectivity index (χ2n) is 9.36. The van der Waals surface area contributed by atoms with Crippen molar-refractivity contribution in [3.63, 3.8) is 0 Å². The van der Waals surface area contributed by atoms with Crippen molar-refractivity contribution in [2.24, 2.45) is 23.7 Å². The molecule has 1 aromatic carbocycles. The van der Waals surface area contributed by atoms with Crippen LogP contribution in [-0.2, 0) is 24.0 Å². The van der Waals surface area contributed by atoms with E-state index in [2.05, 4.69) is 32.0 Å². The molecular weight excluding hydrogens is 316 g/mol. The molecule has 3 aliphatic carbocycles. The summed E-state index contributed by atoms with van der Waals surface area (Å²) in [5.41, 5.74) is 4.84. The van der Waals surface area contributed by atoms with Gasteiger partial charge in [0.25, 0.3) is 0 Å². The monoisotopic (exact) mass is 354 g/mol. The molecule has 26 heavy (non-hydrogen) atoms. The summed E-state index contributed by atoms with van der Waals surface area (Å²) in [6, 6.07) is 7.30. The molecule has 0 saturated heterocycles. The van der Waals surface area contributed by atoms with Crippen molar-refractivity contribution in [1.29, 1.82) is 0 Å². The van der Waals surface area contributed by atoms with Gasteiger partial charge >= 0.3 is 0 Å². The molecule has 0 aromatic heterocycles. The fourth-order valence-corrected chi connectivity index (χ4v) is 6.21. The molecule has 0 aliphatic heterocycles. The Balaban J connectivity index is 1.33. The number of ether oxygens (including phenoxy) is 1. The van der Waals surface area contributed by atoms with E-state index in [-0.39, 0.29) is 0 Å². The van der Waals surface area contributed by atoms with Crippen LogP contribution < -0.4 is 0 Å². The zero-order chi connectivity index (χ0) is 17.9. The molecule has 2 saturated carbocycles. The van der Waals surface area contributed by atoms with Gasteiger partial charge in [-0.3, -0.25) is 0 Å². The first-order valence-corrected chi connectivity index (χ1v) is 11.5. The lowest BCUT2D eigenvalue weighted by Gasteiger charge is -2.45. The quantitative estimate of drug-likeness (QED) is 0.597. The summed E-state index contributed by atoms with van der Waals surface area (Å²) in [6.45, 7) is 5.46. The predicted octanol–water partition coefficient (Wildman–Crippen LogP) is 6.37. The predicted molar refractivity (Wildman–Crippen MR) is 110 cm³/mol. The number of hydrogen-bond donors (Lipinski definition) is 0. The van der Waals surface area contributed by atoms with Crippen molar-refractivity contribution in [3.05, 3.63) is 34.9 Å². The lowest BCUT2D eigenvalue weighted by Crippen LogP contribution is -2.37. The van der Waals surface area contributed by atoms with E-state index < -0.39 is 0 Å². The Labute approximate surface area is 160 Å². The number of benzene rings is 1. The molecule has 0 N–H and O–H groups in total. The number of aryl methyl sites for hydroxylation is 2. The van der Waals surface area contributed by atoms with E-state index in [0.29, 0.717) is 6.10 Å². The van der Waals surface area contributed by atoms with Gasteiger partial charge in [0.2, 0.25) is 0 Å². The molecule has 5 atom stereocenters. The Morgan fingerprint density at radius 1 is 0.846 bits per heavy atom. The third kappa shape index (κ3) is 4.03. The van der Waals surface area contributed by atoms with Crippen LogP contribution in [0, 0.1) is 23.7 Å². The molecule has 0 bridgehead atoms. The lowest BCUT2D eigenvalue weighted by atomic mass is 9.62. The van der Waals surface area contributed by atoms with Gasteiger partial charge in [-0.05, 0) is 111 Å². The summed E-state index contributed by atoms with van der Waals surface area (Å²) in [5.74, 6) is 3.90. The van der Waals surface area contributed by atoms with E-state index in [1.54, 1.807) is 11.1 Å². The second kappa shape index (κ2) is 8.46. The minimum Gasteiger partial charge on any atom is -0.378 e. The van der Waals surface area contributed by atoms with Crippen LogP contribution in [0.3, 0.4) is 0 Å². The Morgan fingerprint density at radius 3 is 2.42 bits per heavy atom. The largest absolute Gasteiger partial charge is 0.378 e. The van der Waals surface area contributed by atoms with E-state index in [1.807, 2.05) is 0 Å². The van der Waals surface area contributed by atoms with Crippen LogP contribution >= 0.6 is 0 Å². The fourth-order valence-electron chi connectivity index (χ4n) is 6.21. The van der Waals surface area contributed by atoms with Crippen molar-refractivity contribution < 1.29 is 4.74 Å². The molecule has 1 aromatic rings. The molecule has 3 unspecified atom stereocenters. The van der Waals surface area contributed by atoms with Crippen LogP contribution in [0.15, 0.2) is 18.2 Å². The van der Waals surface area contributed by atoms with Crippen LogP contribution in [0.2, 0.25) is 0 Å². The summed E-state index contributed by atoms with van der Waals surface area (Å²) in [4.78, 5) is 0. The molecule has 0 amide bonds. The number of rotatable bonds is 5. The molecule has 3 aliphatic rings. The zero-order valence-corrected chi connectivity index (χ0v) is 17.0. The van der Waals surface area contributed by atoms with E-state index in [0.717, 1.165) is 36.7 Å². The molecule has 0 spiro atoms. The Hall–Kier alpha value is -0.820. The molecule has 0 radical (unpaired) electrons. The molecular formula is C25H38O. The fraction of sp³-hybridized carbons (Fsp3) is 0.760. The number of hydrogen-bond acceptors (Lipinski definition) is 1. The van der Waals surface area contributed by atoms with Crippen LogP contribution in [0.25, 0.3) is 0 Å². The highest BCUT2D eigenvalue weighted by molar-refractivity contribution is 5.34. The van der Waals surface area contributed by atoms with Gasteiger partial charge in [0.05, 0.1) is 6.10 Å². The maximum Gasteiger partial charge on any atom is 0.0578 e. The Bertz CT molecular complexity index is 592. The maximum absolute atomic E-state index is 6.08. The first-order valence-electron chi connectivity index (χ1n) is 11.5. The van der Waals surface area contributed by atoms with Crippen LogP contribution in [-0.4, -0.2) is 12.7 Å². The maximum atomic E-state index is 6.08. The highest BCUT2D eigenvalue weighted by Gasteiger charge is 2.38. The van der Waals surface area contributed by atoms with Crippen LogP contribution in [0.4, 0.5) is 0 Å². The highest BCUT2D eigenvalue weighted by Crippen LogP contribution is 2.47. The Kier molecular flexibility index (Phi) is 6.03. The average molecular weight is 355 g/mol. The second-order valence-corrected chi connectivity index (χ2v) is 9.36. The van der Waals surface area contributed by atoms with Gasteiger partial charge in [-0.1, -0.05) is 32.0 Å². The SMILES string of the molecule is CCCO[C@@H]1CC[C@@H]2CC(C3CCc4cc(CC)ccc4C3)CCC2C1. The molecule has 1 heteroatoms. The minimum absolute atomic E-state index is 0.571. The Morgan fingerprint density at radius 2 is 1.62 bits per heavy atom. The summed E-state index contributed by atoms with van der Waals surface area (Å²) in [6.07, 6.45) is 15.6. The van der Waals surface area contributed by atoms with Crippen molar-refractivity contribution in [1.82, 2.24) is 0 Å².